The summed E-state index contributed by atoms with van der Waals surface area (Å²) < 4.78 is 0. The van der Waals surface area contributed by atoms with Crippen LogP contribution in [0.1, 0.15) is 6.92 Å². The van der Waals surface area contributed by atoms with Gasteiger partial charge in [-0.15, -0.1) is 0 Å². The average Bonchev–Trinajstić information content (AvgIpc) is 2.17. The molecule has 0 amide bonds. The van der Waals surface area contributed by atoms with Crippen LogP contribution in [0.2, 0.25) is 0 Å². The molecule has 17 heavy (non-hydrogen) atoms. The van der Waals surface area contributed by atoms with Gasteiger partial charge in [0.2, 0.25) is 0 Å². The molecular weight excluding hydrogens is 260 g/mol. The van der Waals surface area contributed by atoms with Crippen LogP contribution in [0.5, 0.6) is 0 Å². The van der Waals surface area contributed by atoms with Gasteiger partial charge in [-0.2, -0.15) is 0 Å². The molecule has 8 nitrogen and oxygen atoms in total. The first-order valence-electron chi connectivity index (χ1n) is 3.85. The Labute approximate surface area is 132 Å². The van der Waals surface area contributed by atoms with Gasteiger partial charge in [0.05, 0.1) is 25.4 Å². The van der Waals surface area contributed by atoms with Crippen molar-refractivity contribution >= 4 is 52.9 Å². The van der Waals surface area contributed by atoms with Crippen molar-refractivity contribution in [3.05, 3.63) is 0 Å². The predicted molar refractivity (Wildman–Crippen MR) is 68.2 cm³/mol. The molecule has 0 saturated carbocycles. The fourth-order valence-corrected chi connectivity index (χ4v) is 0.150. The fourth-order valence-electron chi connectivity index (χ4n) is 0.150. The first-order chi connectivity index (χ1) is 6.32. The average molecular weight is 283 g/mol. The summed E-state index contributed by atoms with van der Waals surface area (Å²) in [4.78, 5) is 9.45. The molecule has 0 bridgehead atoms. The van der Waals surface area contributed by atoms with Gasteiger partial charge in [0.25, 0.3) is 0 Å². The number of carboxylic acids is 1. The minimum absolute atomic E-state index is 0. The van der Waals surface area contributed by atoms with Crippen molar-refractivity contribution in [3.8, 4) is 0 Å². The predicted octanol–water partition coefficient (Wildman–Crippen LogP) is -5.54. The molecule has 102 valence electrons. The molecule has 0 heterocycles. The Morgan fingerprint density at radius 3 is 1.41 bits per heavy atom. The summed E-state index contributed by atoms with van der Waals surface area (Å²) in [5, 5.41) is 40.8. The van der Waals surface area contributed by atoms with Gasteiger partial charge in [-0.05, 0) is 6.92 Å². The van der Waals surface area contributed by atoms with Crippen LogP contribution in [0.3, 0.4) is 0 Å². The summed E-state index contributed by atoms with van der Waals surface area (Å²) in [5.74, 6) is -1.19. The van der Waals surface area contributed by atoms with Crippen molar-refractivity contribution in [2.75, 3.05) is 19.8 Å². The maximum atomic E-state index is 9.45. The van der Waals surface area contributed by atoms with E-state index in [-0.39, 0.29) is 52.4 Å². The van der Waals surface area contributed by atoms with E-state index in [0.717, 1.165) is 0 Å². The summed E-state index contributed by atoms with van der Waals surface area (Å²) in [6.45, 7) is -0.0116. The molecule has 0 aliphatic heterocycles. The van der Waals surface area contributed by atoms with Gasteiger partial charge in [-0.1, -0.05) is 0 Å². The quantitative estimate of drug-likeness (QED) is 0.279. The van der Waals surface area contributed by atoms with E-state index < -0.39 is 37.4 Å². The third-order valence-corrected chi connectivity index (χ3v) is 1.30. The molecule has 0 aromatic rings. The standard InChI is InChI=1S/C4H11NO3.C3H6O3.Al.Na.H2O.4H/c5-4(1-6,2-7)3-8;1-2(4)3(5)6;;;;;;;/h6-8H,1-3,5H2;2,4H,1H3,(H,5,6);;;1H2;;;;. The van der Waals surface area contributed by atoms with E-state index in [1.54, 1.807) is 0 Å². The molecule has 1 atom stereocenters. The van der Waals surface area contributed by atoms with Crippen LogP contribution in [-0.2, 0) is 4.79 Å². The van der Waals surface area contributed by atoms with E-state index in [9.17, 15) is 4.79 Å². The molecule has 0 aliphatic carbocycles. The van der Waals surface area contributed by atoms with E-state index in [0.29, 0.717) is 0 Å². The Morgan fingerprint density at radius 1 is 1.24 bits per heavy atom. The third kappa shape index (κ3) is 19.3. The van der Waals surface area contributed by atoms with Gasteiger partial charge in [0, 0.05) is 0 Å². The Balaban J connectivity index is -0.0000000493. The Hall–Kier alpha value is 0.762. The number of hydrogen-bond donors (Lipinski definition) is 6. The van der Waals surface area contributed by atoms with Crippen molar-refractivity contribution in [1.82, 2.24) is 0 Å². The number of hydrogen-bond acceptors (Lipinski definition) is 6. The summed E-state index contributed by atoms with van der Waals surface area (Å²) in [7, 11) is 0. The first-order valence-corrected chi connectivity index (χ1v) is 3.85. The molecule has 0 aromatic heterocycles. The number of carbonyl (C=O) groups is 1. The molecule has 0 rings (SSSR count). The van der Waals surface area contributed by atoms with Gasteiger partial charge in [-0.3, -0.25) is 0 Å². The molecular formula is C7H23AlNNaO7. The van der Waals surface area contributed by atoms with E-state index in [4.69, 9.17) is 31.3 Å². The number of aliphatic hydroxyl groups is 4. The van der Waals surface area contributed by atoms with Gasteiger partial charge in [0.1, 0.15) is 6.10 Å². The number of aliphatic carboxylic acids is 1. The van der Waals surface area contributed by atoms with E-state index in [1.165, 1.54) is 6.92 Å². The molecule has 0 aromatic carbocycles. The minimum atomic E-state index is -1.23. The summed E-state index contributed by atoms with van der Waals surface area (Å²) in [6, 6.07) is 0. The molecule has 9 N–H and O–H groups in total. The van der Waals surface area contributed by atoms with Crippen LogP contribution in [-0.4, -0.2) is 115 Å². The van der Waals surface area contributed by atoms with Crippen LogP contribution in [0, 0.1) is 0 Å². The molecule has 0 radical (unpaired) electrons. The second kappa shape index (κ2) is 16.8. The van der Waals surface area contributed by atoms with Crippen molar-refractivity contribution < 1.29 is 35.8 Å². The zero-order valence-corrected chi connectivity index (χ0v) is 8.42. The molecule has 0 aliphatic rings. The van der Waals surface area contributed by atoms with Crippen LogP contribution in [0.4, 0.5) is 0 Å². The van der Waals surface area contributed by atoms with Crippen LogP contribution in [0.25, 0.3) is 0 Å². The Morgan fingerprint density at radius 2 is 1.41 bits per heavy atom. The van der Waals surface area contributed by atoms with E-state index >= 15 is 0 Å². The van der Waals surface area contributed by atoms with E-state index in [1.807, 2.05) is 0 Å². The summed E-state index contributed by atoms with van der Waals surface area (Å²) >= 11 is 0. The van der Waals surface area contributed by atoms with Crippen LogP contribution in [0.15, 0.2) is 0 Å². The molecule has 0 saturated heterocycles. The Bertz CT molecular complexity index is 160. The second-order valence-corrected chi connectivity index (χ2v) is 2.85. The van der Waals surface area contributed by atoms with Crippen molar-refractivity contribution in [2.24, 2.45) is 5.73 Å². The summed E-state index contributed by atoms with van der Waals surface area (Å²) in [5.41, 5.74) is 3.94. The molecule has 0 spiro atoms. The van der Waals surface area contributed by atoms with Crippen molar-refractivity contribution in [2.45, 2.75) is 18.6 Å². The topological polar surface area (TPSA) is 176 Å². The van der Waals surface area contributed by atoms with E-state index in [2.05, 4.69) is 0 Å². The molecule has 0 fully saturated rings. The zero-order valence-electron chi connectivity index (χ0n) is 8.42. The zero-order chi connectivity index (χ0) is 11.8. The van der Waals surface area contributed by atoms with Gasteiger partial charge in [-0.25, -0.2) is 4.79 Å². The monoisotopic (exact) mass is 283 g/mol. The van der Waals surface area contributed by atoms with Crippen LogP contribution < -0.4 is 5.73 Å². The fraction of sp³-hybridized carbons (Fsp3) is 0.857. The second-order valence-electron chi connectivity index (χ2n) is 2.85. The Kier molecular flexibility index (Phi) is 30.2. The van der Waals surface area contributed by atoms with Gasteiger partial charge < -0.3 is 36.7 Å². The van der Waals surface area contributed by atoms with Crippen LogP contribution >= 0.6 is 0 Å². The maximum absolute atomic E-state index is 9.45. The van der Waals surface area contributed by atoms with Crippen molar-refractivity contribution in [1.29, 1.82) is 0 Å². The number of carboxylic acid groups (broad SMARTS) is 1. The third-order valence-electron chi connectivity index (χ3n) is 1.30. The van der Waals surface area contributed by atoms with Crippen molar-refractivity contribution in [3.63, 3.8) is 0 Å². The molecule has 10 heteroatoms. The SMILES string of the molecule is CC(O)C(=O)O.NC(CO)(CO)CO.O.[AlH3].[NaH]. The van der Waals surface area contributed by atoms with Gasteiger partial charge in [0.15, 0.2) is 17.4 Å². The summed E-state index contributed by atoms with van der Waals surface area (Å²) in [6.07, 6.45) is -1.23. The normalized spacial score (nSPS) is 10.5. The molecule has 1 unspecified atom stereocenters. The first kappa shape index (κ1) is 30.6. The number of aliphatic hydroxyl groups excluding tert-OH is 4. The number of rotatable bonds is 4. The number of nitrogens with two attached hydrogens (primary N) is 1. The van der Waals surface area contributed by atoms with Gasteiger partial charge >= 0.3 is 35.5 Å².